The van der Waals surface area contributed by atoms with E-state index in [2.05, 4.69) is 5.32 Å². The molecule has 7 nitrogen and oxygen atoms in total. The van der Waals surface area contributed by atoms with Gasteiger partial charge < -0.3 is 15.8 Å². The van der Waals surface area contributed by atoms with Gasteiger partial charge in [-0.1, -0.05) is 26.0 Å². The molecule has 3 rings (SSSR count). The summed E-state index contributed by atoms with van der Waals surface area (Å²) in [7, 11) is 1.54. The molecule has 1 aromatic carbocycles. The second-order valence-corrected chi connectivity index (χ2v) is 7.10. The van der Waals surface area contributed by atoms with Gasteiger partial charge >= 0.3 is 0 Å². The summed E-state index contributed by atoms with van der Waals surface area (Å²) in [6.45, 7) is 3.47. The highest BCUT2D eigenvalue weighted by atomic mass is 16.5. The second kappa shape index (κ2) is 5.46. The van der Waals surface area contributed by atoms with Gasteiger partial charge in [-0.2, -0.15) is 15.8 Å². The van der Waals surface area contributed by atoms with Crippen molar-refractivity contribution in [1.29, 1.82) is 15.8 Å². The first kappa shape index (κ1) is 17.7. The largest absolute Gasteiger partial charge is 0.497 e. The second-order valence-electron chi connectivity index (χ2n) is 7.10. The monoisotopic (exact) mass is 349 g/mol. The summed E-state index contributed by atoms with van der Waals surface area (Å²) >= 11 is 0. The molecule has 0 radical (unpaired) electrons. The zero-order chi connectivity index (χ0) is 19.3. The smallest absolute Gasteiger partial charge is 0.245 e. The van der Waals surface area contributed by atoms with Crippen LogP contribution >= 0.6 is 0 Å². The van der Waals surface area contributed by atoms with Gasteiger partial charge in [-0.15, -0.1) is 0 Å². The number of nitrogens with one attached hydrogen (secondary N) is 1. The minimum Gasteiger partial charge on any atom is -0.497 e. The zero-order valence-electron chi connectivity index (χ0n) is 14.8. The first-order valence-corrected chi connectivity index (χ1v) is 8.28. The van der Waals surface area contributed by atoms with Crippen molar-refractivity contribution in [1.82, 2.24) is 5.32 Å². The summed E-state index contributed by atoms with van der Waals surface area (Å²) < 4.78 is 5.16. The van der Waals surface area contributed by atoms with Gasteiger partial charge in [-0.25, -0.2) is 0 Å². The molecular formula is C19H19N5O2. The Labute approximate surface area is 152 Å². The number of carbonyl (C=O) groups excluding carboxylic acids is 1. The van der Waals surface area contributed by atoms with E-state index in [1.807, 2.05) is 25.1 Å². The van der Waals surface area contributed by atoms with Gasteiger partial charge in [-0.3, -0.25) is 4.79 Å². The van der Waals surface area contributed by atoms with Crippen molar-refractivity contribution in [2.24, 2.45) is 28.4 Å². The highest BCUT2D eigenvalue weighted by molar-refractivity contribution is 5.93. The van der Waals surface area contributed by atoms with Crippen LogP contribution in [-0.2, 0) is 4.79 Å². The van der Waals surface area contributed by atoms with Crippen molar-refractivity contribution >= 4 is 5.91 Å². The van der Waals surface area contributed by atoms with Gasteiger partial charge in [0.1, 0.15) is 5.75 Å². The zero-order valence-corrected chi connectivity index (χ0v) is 14.8. The normalized spacial score (nSPS) is 37.0. The molecule has 2 bridgehead atoms. The molecule has 1 saturated carbocycles. The van der Waals surface area contributed by atoms with E-state index < -0.39 is 40.2 Å². The maximum Gasteiger partial charge on any atom is 0.245 e. The van der Waals surface area contributed by atoms with Crippen LogP contribution in [0.15, 0.2) is 24.3 Å². The molecule has 0 spiro atoms. The van der Waals surface area contributed by atoms with Crippen molar-refractivity contribution in [2.45, 2.75) is 25.4 Å². The summed E-state index contributed by atoms with van der Waals surface area (Å²) in [5.74, 6) is -1.89. The molecule has 1 aliphatic carbocycles. The number of ether oxygens (including phenoxy) is 1. The summed E-state index contributed by atoms with van der Waals surface area (Å²) in [6.07, 6.45) is 0. The van der Waals surface area contributed by atoms with Crippen LogP contribution in [0.3, 0.4) is 0 Å². The van der Waals surface area contributed by atoms with Crippen molar-refractivity contribution in [3.05, 3.63) is 29.8 Å². The number of hydrogen-bond donors (Lipinski definition) is 2. The molecule has 1 aliphatic heterocycles. The Hall–Kier alpha value is -3.08. The fourth-order valence-corrected chi connectivity index (χ4v) is 4.81. The van der Waals surface area contributed by atoms with Crippen molar-refractivity contribution < 1.29 is 9.53 Å². The maximum absolute atomic E-state index is 12.8. The van der Waals surface area contributed by atoms with Gasteiger partial charge in [0.05, 0.1) is 31.0 Å². The third kappa shape index (κ3) is 1.70. The first-order chi connectivity index (χ1) is 12.3. The SMILES string of the molecule is COc1ccc([C@H]2[C@H](C)[C@@]3(N)NC(=O)[C@@](C#N)([C@@H]3C)C2(C#N)C#N)cc1. The molecule has 0 unspecified atom stereocenters. The predicted octanol–water partition coefficient (Wildman–Crippen LogP) is 1.39. The average Bonchev–Trinajstić information content (AvgIpc) is 2.83. The van der Waals surface area contributed by atoms with Crippen LogP contribution in [0.25, 0.3) is 0 Å². The highest BCUT2D eigenvalue weighted by Gasteiger charge is 2.79. The van der Waals surface area contributed by atoms with Crippen LogP contribution in [0.5, 0.6) is 5.75 Å². The summed E-state index contributed by atoms with van der Waals surface area (Å²) in [6, 6.07) is 13.0. The van der Waals surface area contributed by atoms with E-state index in [1.54, 1.807) is 31.2 Å². The highest BCUT2D eigenvalue weighted by Crippen LogP contribution is 2.66. The van der Waals surface area contributed by atoms with Crippen LogP contribution in [-0.4, -0.2) is 18.7 Å². The molecule has 1 amide bonds. The Morgan fingerprint density at radius 1 is 1.12 bits per heavy atom. The Morgan fingerprint density at radius 3 is 2.15 bits per heavy atom. The number of amides is 1. The maximum atomic E-state index is 12.8. The fraction of sp³-hybridized carbons (Fsp3) is 0.474. The molecule has 1 aromatic rings. The average molecular weight is 349 g/mol. The third-order valence-corrected chi connectivity index (χ3v) is 6.40. The van der Waals surface area contributed by atoms with Crippen LogP contribution < -0.4 is 15.8 Å². The van der Waals surface area contributed by atoms with Crippen LogP contribution in [0, 0.1) is 56.7 Å². The molecule has 1 heterocycles. The molecule has 2 aliphatic rings. The molecule has 7 heteroatoms. The Bertz CT molecular complexity index is 876. The van der Waals surface area contributed by atoms with Gasteiger partial charge in [0.15, 0.2) is 10.8 Å². The van der Waals surface area contributed by atoms with Gasteiger partial charge in [0.25, 0.3) is 0 Å². The standard InChI is InChI=1S/C19H19N5O2/c1-11-15(13-4-6-14(26-3)7-5-13)17(8-20,9-21)18(10-22)12(2)19(11,23)24-16(18)25/h4-7,11-12,15H,23H2,1-3H3,(H,24,25)/t11-,12-,15+,18+,19+/m0/s1. The van der Waals surface area contributed by atoms with Crippen LogP contribution in [0.4, 0.5) is 0 Å². The number of carbonyl (C=O) groups is 1. The van der Waals surface area contributed by atoms with Crippen molar-refractivity contribution in [2.75, 3.05) is 7.11 Å². The lowest BCUT2D eigenvalue weighted by Crippen LogP contribution is -2.66. The van der Waals surface area contributed by atoms with Gasteiger partial charge in [0, 0.05) is 17.8 Å². The number of hydrogen-bond acceptors (Lipinski definition) is 6. The fourth-order valence-electron chi connectivity index (χ4n) is 4.81. The Balaban J connectivity index is 2.33. The predicted molar refractivity (Wildman–Crippen MR) is 90.8 cm³/mol. The van der Waals surface area contributed by atoms with E-state index in [-0.39, 0.29) is 0 Å². The third-order valence-electron chi connectivity index (χ3n) is 6.40. The quantitative estimate of drug-likeness (QED) is 0.828. The molecule has 3 N–H and O–H groups in total. The number of benzene rings is 1. The summed E-state index contributed by atoms with van der Waals surface area (Å²) in [5, 5.41) is 32.8. The molecule has 0 aromatic heterocycles. The number of rotatable bonds is 2. The van der Waals surface area contributed by atoms with E-state index >= 15 is 0 Å². The summed E-state index contributed by atoms with van der Waals surface area (Å²) in [4.78, 5) is 12.8. The minimum atomic E-state index is -1.86. The Morgan fingerprint density at radius 2 is 1.69 bits per heavy atom. The van der Waals surface area contributed by atoms with E-state index in [0.29, 0.717) is 11.3 Å². The van der Waals surface area contributed by atoms with Crippen molar-refractivity contribution in [3.63, 3.8) is 0 Å². The number of methoxy groups -OCH3 is 1. The van der Waals surface area contributed by atoms with E-state index in [4.69, 9.17) is 10.5 Å². The van der Waals surface area contributed by atoms with E-state index in [1.165, 1.54) is 7.11 Å². The number of nitriles is 3. The first-order valence-electron chi connectivity index (χ1n) is 8.28. The van der Waals surface area contributed by atoms with Crippen LogP contribution in [0.2, 0.25) is 0 Å². The number of nitrogens with two attached hydrogens (primary N) is 1. The molecule has 132 valence electrons. The lowest BCUT2D eigenvalue weighted by molar-refractivity contribution is -0.129. The number of nitrogens with zero attached hydrogens (tertiary/aromatic N) is 3. The van der Waals surface area contributed by atoms with E-state index in [0.717, 1.165) is 0 Å². The van der Waals surface area contributed by atoms with Gasteiger partial charge in [0.2, 0.25) is 5.91 Å². The molecular weight excluding hydrogens is 330 g/mol. The molecule has 26 heavy (non-hydrogen) atoms. The number of fused-ring (bicyclic) bond motifs is 2. The lowest BCUT2D eigenvalue weighted by atomic mass is 9.45. The van der Waals surface area contributed by atoms with Gasteiger partial charge in [-0.05, 0) is 17.7 Å². The topological polar surface area (TPSA) is 136 Å². The molecule has 5 atom stereocenters. The van der Waals surface area contributed by atoms with E-state index in [9.17, 15) is 20.6 Å². The Kier molecular flexibility index (Phi) is 3.72. The lowest BCUT2D eigenvalue weighted by Gasteiger charge is -2.52. The minimum absolute atomic E-state index is 0.446. The van der Waals surface area contributed by atoms with Crippen LogP contribution in [0.1, 0.15) is 25.3 Å². The van der Waals surface area contributed by atoms with Crippen molar-refractivity contribution in [3.8, 4) is 24.0 Å². The molecule has 1 saturated heterocycles. The molecule has 2 fully saturated rings. The summed E-state index contributed by atoms with van der Waals surface area (Å²) in [5.41, 5.74) is 2.30.